The number of likely N-dealkylation sites (tertiary alicyclic amines) is 1. The summed E-state index contributed by atoms with van der Waals surface area (Å²) in [7, 11) is 1.64. The lowest BCUT2D eigenvalue weighted by Gasteiger charge is -2.26. The van der Waals surface area contributed by atoms with Crippen LogP contribution in [0.3, 0.4) is 0 Å². The molecular formula is C21H25N5O4. The number of hydrogen-bond acceptors (Lipinski definition) is 6. The Bertz CT molecular complexity index is 1020. The second-order valence-electron chi connectivity index (χ2n) is 7.28. The van der Waals surface area contributed by atoms with Crippen LogP contribution in [0.1, 0.15) is 46.6 Å². The Morgan fingerprint density at radius 1 is 1.27 bits per heavy atom. The molecule has 2 amide bonds. The van der Waals surface area contributed by atoms with Crippen LogP contribution < -0.4 is 5.32 Å². The van der Waals surface area contributed by atoms with Gasteiger partial charge >= 0.3 is 0 Å². The Morgan fingerprint density at radius 3 is 2.83 bits per heavy atom. The molecule has 4 rings (SSSR count). The number of carbonyl (C=O) groups excluding carboxylic acids is 2. The molecule has 0 spiro atoms. The summed E-state index contributed by atoms with van der Waals surface area (Å²) in [4.78, 5) is 36.2. The zero-order valence-electron chi connectivity index (χ0n) is 17.0. The molecule has 3 aromatic rings. The summed E-state index contributed by atoms with van der Waals surface area (Å²) in [5.41, 5.74) is 1.68. The summed E-state index contributed by atoms with van der Waals surface area (Å²) in [6.07, 6.45) is 6.97. The maximum Gasteiger partial charge on any atom is 0.293 e. The average Bonchev–Trinajstić information content (AvgIpc) is 3.42. The topological polar surface area (TPSA) is 102 Å². The maximum atomic E-state index is 12.8. The monoisotopic (exact) mass is 411 g/mol. The van der Waals surface area contributed by atoms with Crippen LogP contribution in [0.5, 0.6) is 0 Å². The van der Waals surface area contributed by atoms with Gasteiger partial charge in [-0.2, -0.15) is 0 Å². The summed E-state index contributed by atoms with van der Waals surface area (Å²) in [5.74, 6) is 0.129. The van der Waals surface area contributed by atoms with Crippen molar-refractivity contribution in [2.75, 3.05) is 32.1 Å². The van der Waals surface area contributed by atoms with Gasteiger partial charge in [0, 0.05) is 39.5 Å². The van der Waals surface area contributed by atoms with Gasteiger partial charge in [-0.05, 0) is 43.9 Å². The number of methoxy groups -OCH3 is 1. The first-order chi connectivity index (χ1) is 14.7. The number of ether oxygens (including phenoxy) is 1. The molecule has 0 unspecified atom stereocenters. The van der Waals surface area contributed by atoms with Gasteiger partial charge in [0.2, 0.25) is 5.95 Å². The number of piperidine rings is 1. The minimum absolute atomic E-state index is 0.0285. The van der Waals surface area contributed by atoms with Gasteiger partial charge in [-0.25, -0.2) is 9.97 Å². The molecule has 158 valence electrons. The highest BCUT2D eigenvalue weighted by Crippen LogP contribution is 2.22. The maximum absolute atomic E-state index is 12.8. The van der Waals surface area contributed by atoms with Crippen molar-refractivity contribution >= 4 is 28.9 Å². The normalized spacial score (nSPS) is 14.2. The van der Waals surface area contributed by atoms with E-state index in [4.69, 9.17) is 9.15 Å². The van der Waals surface area contributed by atoms with E-state index >= 15 is 0 Å². The van der Waals surface area contributed by atoms with Gasteiger partial charge in [-0.15, -0.1) is 0 Å². The summed E-state index contributed by atoms with van der Waals surface area (Å²) in [6, 6.07) is 4.98. The molecule has 1 aliphatic rings. The molecule has 0 aliphatic carbocycles. The fourth-order valence-electron chi connectivity index (χ4n) is 3.65. The number of aromatic nitrogens is 3. The number of pyridine rings is 1. The van der Waals surface area contributed by atoms with E-state index in [0.29, 0.717) is 35.8 Å². The van der Waals surface area contributed by atoms with E-state index in [-0.39, 0.29) is 11.7 Å². The highest BCUT2D eigenvalue weighted by atomic mass is 16.5. The van der Waals surface area contributed by atoms with Crippen molar-refractivity contribution in [3.05, 3.63) is 42.0 Å². The molecule has 0 bridgehead atoms. The van der Waals surface area contributed by atoms with Crippen LogP contribution >= 0.6 is 0 Å². The van der Waals surface area contributed by atoms with Crippen molar-refractivity contribution in [1.82, 2.24) is 19.4 Å². The molecule has 3 aromatic heterocycles. The molecule has 1 N–H and O–H groups in total. The first-order valence-corrected chi connectivity index (χ1v) is 10.2. The first kappa shape index (κ1) is 20.1. The number of nitrogens with one attached hydrogen (secondary N) is 1. The second kappa shape index (κ2) is 9.08. The number of hydrogen-bond donors (Lipinski definition) is 1. The quantitative estimate of drug-likeness (QED) is 0.600. The SMILES string of the molecule is COCCCn1c(NC(=O)c2ccco2)nc2cc(C(=O)N3CCCCC3)cnc21. The molecule has 0 radical (unpaired) electrons. The zero-order chi connectivity index (χ0) is 20.9. The number of aryl methyl sites for hydroxylation is 1. The minimum atomic E-state index is -0.395. The van der Waals surface area contributed by atoms with Crippen LogP contribution in [0.15, 0.2) is 35.1 Å². The Labute approximate surface area is 174 Å². The number of furan rings is 1. The molecule has 9 nitrogen and oxygen atoms in total. The van der Waals surface area contributed by atoms with Crippen LogP contribution in [0.25, 0.3) is 11.2 Å². The molecule has 1 saturated heterocycles. The zero-order valence-corrected chi connectivity index (χ0v) is 17.0. The fraction of sp³-hybridized carbons (Fsp3) is 0.429. The van der Waals surface area contributed by atoms with Crippen LogP contribution in [0.2, 0.25) is 0 Å². The Hall–Kier alpha value is -3.20. The third-order valence-electron chi connectivity index (χ3n) is 5.18. The molecule has 30 heavy (non-hydrogen) atoms. The van der Waals surface area contributed by atoms with Crippen LogP contribution in [-0.2, 0) is 11.3 Å². The van der Waals surface area contributed by atoms with E-state index in [0.717, 1.165) is 38.8 Å². The van der Waals surface area contributed by atoms with Crippen molar-refractivity contribution in [2.45, 2.75) is 32.2 Å². The van der Waals surface area contributed by atoms with E-state index in [1.807, 2.05) is 9.47 Å². The molecule has 0 aromatic carbocycles. The highest BCUT2D eigenvalue weighted by Gasteiger charge is 2.21. The molecule has 1 aliphatic heterocycles. The average molecular weight is 411 g/mol. The van der Waals surface area contributed by atoms with Gasteiger partial charge in [0.15, 0.2) is 11.4 Å². The molecular weight excluding hydrogens is 386 g/mol. The summed E-state index contributed by atoms with van der Waals surface area (Å²) < 4.78 is 12.1. The Kier molecular flexibility index (Phi) is 6.08. The highest BCUT2D eigenvalue weighted by molar-refractivity contribution is 6.02. The molecule has 1 fully saturated rings. The van der Waals surface area contributed by atoms with Gasteiger partial charge in [-0.1, -0.05) is 0 Å². The number of nitrogens with zero attached hydrogens (tertiary/aromatic N) is 4. The number of anilines is 1. The number of amides is 2. The molecule has 0 atom stereocenters. The summed E-state index contributed by atoms with van der Waals surface area (Å²) >= 11 is 0. The van der Waals surface area contributed by atoms with E-state index in [1.165, 1.54) is 6.26 Å². The van der Waals surface area contributed by atoms with Crippen molar-refractivity contribution in [3.8, 4) is 0 Å². The lowest BCUT2D eigenvalue weighted by atomic mass is 10.1. The van der Waals surface area contributed by atoms with Crippen molar-refractivity contribution in [3.63, 3.8) is 0 Å². The van der Waals surface area contributed by atoms with Crippen molar-refractivity contribution in [1.29, 1.82) is 0 Å². The summed E-state index contributed by atoms with van der Waals surface area (Å²) in [6.45, 7) is 2.67. The molecule has 4 heterocycles. The van der Waals surface area contributed by atoms with Crippen LogP contribution in [-0.4, -0.2) is 58.1 Å². The predicted molar refractivity (Wildman–Crippen MR) is 110 cm³/mol. The molecule has 9 heteroatoms. The van der Waals surface area contributed by atoms with E-state index in [1.54, 1.807) is 31.5 Å². The second-order valence-corrected chi connectivity index (χ2v) is 7.28. The Balaban J connectivity index is 1.64. The third kappa shape index (κ3) is 4.20. The van der Waals surface area contributed by atoms with Gasteiger partial charge in [0.25, 0.3) is 11.8 Å². The van der Waals surface area contributed by atoms with Crippen molar-refractivity contribution < 1.29 is 18.7 Å². The number of fused-ring (bicyclic) bond motifs is 1. The minimum Gasteiger partial charge on any atom is -0.459 e. The van der Waals surface area contributed by atoms with Crippen LogP contribution in [0.4, 0.5) is 5.95 Å². The van der Waals surface area contributed by atoms with Crippen molar-refractivity contribution in [2.24, 2.45) is 0 Å². The summed E-state index contributed by atoms with van der Waals surface area (Å²) in [5, 5.41) is 2.78. The van der Waals surface area contributed by atoms with Gasteiger partial charge in [0.1, 0.15) is 5.52 Å². The predicted octanol–water partition coefficient (Wildman–Crippen LogP) is 2.94. The van der Waals surface area contributed by atoms with Gasteiger partial charge < -0.3 is 14.1 Å². The number of imidazole rings is 1. The third-order valence-corrected chi connectivity index (χ3v) is 5.18. The van der Waals surface area contributed by atoms with Gasteiger partial charge in [0.05, 0.1) is 11.8 Å². The molecule has 0 saturated carbocycles. The first-order valence-electron chi connectivity index (χ1n) is 10.2. The number of carbonyl (C=O) groups is 2. The largest absolute Gasteiger partial charge is 0.459 e. The number of rotatable bonds is 7. The lowest BCUT2D eigenvalue weighted by molar-refractivity contribution is 0.0724. The Morgan fingerprint density at radius 2 is 2.10 bits per heavy atom. The standard InChI is InChI=1S/C21H25N5O4/c1-29-11-6-10-26-18-16(23-21(26)24-19(27)17-7-5-12-30-17)13-15(14-22-18)20(28)25-8-3-2-4-9-25/h5,7,12-14H,2-4,6,8-11H2,1H3,(H,23,24,27). The van der Waals surface area contributed by atoms with Gasteiger partial charge in [-0.3, -0.25) is 19.5 Å². The van der Waals surface area contributed by atoms with E-state index in [2.05, 4.69) is 15.3 Å². The van der Waals surface area contributed by atoms with E-state index < -0.39 is 5.91 Å². The van der Waals surface area contributed by atoms with Crippen LogP contribution in [0, 0.1) is 0 Å². The van der Waals surface area contributed by atoms with E-state index in [9.17, 15) is 9.59 Å². The lowest BCUT2D eigenvalue weighted by Crippen LogP contribution is -2.35. The smallest absolute Gasteiger partial charge is 0.293 e. The fourth-order valence-corrected chi connectivity index (χ4v) is 3.65.